The Balaban J connectivity index is 2.04. The Morgan fingerprint density at radius 3 is 2.89 bits per heavy atom. The van der Waals surface area contributed by atoms with Crippen LogP contribution in [0.4, 0.5) is 17.1 Å². The predicted molar refractivity (Wildman–Crippen MR) is 72.5 cm³/mol. The van der Waals surface area contributed by atoms with Gasteiger partial charge in [0, 0.05) is 23.3 Å². The Hall–Kier alpha value is -2.89. The smallest absolute Gasteiger partial charge is 0.310 e. The molecule has 0 saturated heterocycles. The number of anilines is 2. The highest BCUT2D eigenvalue weighted by atomic mass is 16.6. The summed E-state index contributed by atoms with van der Waals surface area (Å²) in [6.45, 7) is 0. The Morgan fingerprint density at radius 2 is 2.05 bits per heavy atom. The van der Waals surface area contributed by atoms with Gasteiger partial charge in [0.15, 0.2) is 0 Å². The number of H-pyrrole nitrogens is 1. The number of aromatic amines is 1. The molecule has 94 valence electrons. The van der Waals surface area contributed by atoms with E-state index < -0.39 is 4.92 Å². The second kappa shape index (κ2) is 4.41. The van der Waals surface area contributed by atoms with E-state index in [1.54, 1.807) is 12.3 Å². The van der Waals surface area contributed by atoms with Crippen LogP contribution >= 0.6 is 0 Å². The first kappa shape index (κ1) is 11.2. The van der Waals surface area contributed by atoms with Crippen molar-refractivity contribution >= 4 is 28.0 Å². The molecule has 0 aliphatic carbocycles. The summed E-state index contributed by atoms with van der Waals surface area (Å²) in [7, 11) is 0. The van der Waals surface area contributed by atoms with Crippen molar-refractivity contribution in [3.63, 3.8) is 0 Å². The zero-order valence-corrected chi connectivity index (χ0v) is 9.83. The van der Waals surface area contributed by atoms with Crippen molar-refractivity contribution in [3.05, 3.63) is 59.0 Å². The number of nitrogens with zero attached hydrogens (tertiary/aromatic N) is 2. The number of fused-ring (bicyclic) bond motifs is 1. The van der Waals surface area contributed by atoms with Crippen molar-refractivity contribution in [2.45, 2.75) is 0 Å². The summed E-state index contributed by atoms with van der Waals surface area (Å²) in [6.07, 6.45) is 4.54. The molecule has 0 bridgehead atoms. The number of nitrogens with one attached hydrogen (secondary N) is 2. The first-order valence-corrected chi connectivity index (χ1v) is 5.67. The minimum Gasteiger partial charge on any atom is -0.359 e. The van der Waals surface area contributed by atoms with E-state index in [9.17, 15) is 10.1 Å². The molecule has 0 amide bonds. The fourth-order valence-corrected chi connectivity index (χ4v) is 1.96. The zero-order chi connectivity index (χ0) is 13.2. The molecule has 3 rings (SSSR count). The van der Waals surface area contributed by atoms with Gasteiger partial charge in [0.05, 0.1) is 10.6 Å². The lowest BCUT2D eigenvalue weighted by atomic mass is 10.2. The molecule has 2 N–H and O–H groups in total. The SMILES string of the molecule is O=[N+]([O-])c1cnccc1Nc1c[nH]c2ccccc12. The quantitative estimate of drug-likeness (QED) is 0.555. The van der Waals surface area contributed by atoms with E-state index in [1.807, 2.05) is 24.3 Å². The summed E-state index contributed by atoms with van der Waals surface area (Å²) >= 11 is 0. The van der Waals surface area contributed by atoms with Crippen LogP contribution in [-0.4, -0.2) is 14.9 Å². The number of pyridine rings is 1. The van der Waals surface area contributed by atoms with Crippen LogP contribution in [0.3, 0.4) is 0 Å². The van der Waals surface area contributed by atoms with Gasteiger partial charge in [-0.2, -0.15) is 0 Å². The third-order valence-corrected chi connectivity index (χ3v) is 2.86. The van der Waals surface area contributed by atoms with Gasteiger partial charge in [0.25, 0.3) is 0 Å². The average molecular weight is 254 g/mol. The molecule has 6 nitrogen and oxygen atoms in total. The van der Waals surface area contributed by atoms with E-state index in [1.165, 1.54) is 12.4 Å². The molecule has 0 atom stereocenters. The lowest BCUT2D eigenvalue weighted by molar-refractivity contribution is -0.384. The predicted octanol–water partition coefficient (Wildman–Crippen LogP) is 3.21. The molecule has 0 radical (unpaired) electrons. The molecule has 0 fully saturated rings. The van der Waals surface area contributed by atoms with E-state index in [2.05, 4.69) is 15.3 Å². The van der Waals surface area contributed by atoms with Gasteiger partial charge in [-0.3, -0.25) is 15.1 Å². The van der Waals surface area contributed by atoms with Crippen LogP contribution in [0, 0.1) is 10.1 Å². The number of hydrogen-bond acceptors (Lipinski definition) is 4. The maximum atomic E-state index is 10.9. The van der Waals surface area contributed by atoms with Gasteiger partial charge in [-0.15, -0.1) is 0 Å². The van der Waals surface area contributed by atoms with E-state index in [0.717, 1.165) is 16.6 Å². The molecule has 0 aliphatic heterocycles. The van der Waals surface area contributed by atoms with Crippen molar-refractivity contribution in [2.75, 3.05) is 5.32 Å². The van der Waals surface area contributed by atoms with Crippen molar-refractivity contribution in [1.29, 1.82) is 0 Å². The molecule has 6 heteroatoms. The molecule has 0 saturated carbocycles. The summed E-state index contributed by atoms with van der Waals surface area (Å²) < 4.78 is 0. The van der Waals surface area contributed by atoms with Gasteiger partial charge in [0.2, 0.25) is 0 Å². The van der Waals surface area contributed by atoms with Gasteiger partial charge in [-0.1, -0.05) is 18.2 Å². The van der Waals surface area contributed by atoms with Crippen molar-refractivity contribution < 1.29 is 4.92 Å². The molecular weight excluding hydrogens is 244 g/mol. The highest BCUT2D eigenvalue weighted by molar-refractivity contribution is 5.94. The Labute approximate surface area is 108 Å². The molecule has 1 aromatic carbocycles. The minimum absolute atomic E-state index is 0.0484. The van der Waals surface area contributed by atoms with E-state index in [0.29, 0.717) is 5.69 Å². The summed E-state index contributed by atoms with van der Waals surface area (Å²) in [5, 5.41) is 15.0. The normalized spacial score (nSPS) is 10.5. The number of aromatic nitrogens is 2. The summed E-state index contributed by atoms with van der Waals surface area (Å²) in [5.41, 5.74) is 2.14. The van der Waals surface area contributed by atoms with Crippen molar-refractivity contribution in [3.8, 4) is 0 Å². The largest absolute Gasteiger partial charge is 0.359 e. The summed E-state index contributed by atoms with van der Waals surface area (Å²) in [6, 6.07) is 9.32. The van der Waals surface area contributed by atoms with Crippen LogP contribution in [0.25, 0.3) is 10.9 Å². The average Bonchev–Trinajstić information content (AvgIpc) is 2.83. The van der Waals surface area contributed by atoms with Crippen LogP contribution in [-0.2, 0) is 0 Å². The molecule has 3 aromatic rings. The third kappa shape index (κ3) is 1.99. The van der Waals surface area contributed by atoms with Crippen LogP contribution in [0.2, 0.25) is 0 Å². The molecule has 2 heterocycles. The first-order valence-electron chi connectivity index (χ1n) is 5.67. The standard InChI is InChI=1S/C13H10N4O2/c18-17(19)13-8-14-6-5-11(13)16-12-7-15-10-4-2-1-3-9(10)12/h1-8,15H,(H,14,16). The van der Waals surface area contributed by atoms with Crippen LogP contribution in [0.15, 0.2) is 48.9 Å². The maximum Gasteiger partial charge on any atom is 0.310 e. The van der Waals surface area contributed by atoms with Gasteiger partial charge in [0.1, 0.15) is 11.9 Å². The number of hydrogen-bond donors (Lipinski definition) is 2. The number of rotatable bonds is 3. The Kier molecular flexibility index (Phi) is 2.60. The second-order valence-corrected chi connectivity index (χ2v) is 4.02. The number of benzene rings is 1. The van der Waals surface area contributed by atoms with Crippen molar-refractivity contribution in [1.82, 2.24) is 9.97 Å². The van der Waals surface area contributed by atoms with E-state index in [4.69, 9.17) is 0 Å². The molecule has 0 aliphatic rings. The monoisotopic (exact) mass is 254 g/mol. The van der Waals surface area contributed by atoms with Crippen LogP contribution in [0.5, 0.6) is 0 Å². The zero-order valence-electron chi connectivity index (χ0n) is 9.83. The molecule has 19 heavy (non-hydrogen) atoms. The maximum absolute atomic E-state index is 10.9. The fourth-order valence-electron chi connectivity index (χ4n) is 1.96. The summed E-state index contributed by atoms with van der Waals surface area (Å²) in [5.74, 6) is 0. The van der Waals surface area contributed by atoms with E-state index >= 15 is 0 Å². The Bertz CT molecular complexity index is 751. The summed E-state index contributed by atoms with van der Waals surface area (Å²) in [4.78, 5) is 17.4. The van der Waals surface area contributed by atoms with Crippen LogP contribution < -0.4 is 5.32 Å². The van der Waals surface area contributed by atoms with E-state index in [-0.39, 0.29) is 5.69 Å². The molecule has 0 unspecified atom stereocenters. The number of nitro groups is 1. The fraction of sp³-hybridized carbons (Fsp3) is 0. The highest BCUT2D eigenvalue weighted by Crippen LogP contribution is 2.30. The lowest BCUT2D eigenvalue weighted by Crippen LogP contribution is -1.97. The lowest BCUT2D eigenvalue weighted by Gasteiger charge is -2.04. The van der Waals surface area contributed by atoms with Gasteiger partial charge in [-0.05, 0) is 12.1 Å². The first-order chi connectivity index (χ1) is 9.25. The third-order valence-electron chi connectivity index (χ3n) is 2.86. The van der Waals surface area contributed by atoms with Crippen LogP contribution in [0.1, 0.15) is 0 Å². The highest BCUT2D eigenvalue weighted by Gasteiger charge is 2.14. The molecule has 0 spiro atoms. The van der Waals surface area contributed by atoms with Gasteiger partial charge < -0.3 is 10.3 Å². The Morgan fingerprint density at radius 1 is 1.21 bits per heavy atom. The van der Waals surface area contributed by atoms with Gasteiger partial charge >= 0.3 is 5.69 Å². The topological polar surface area (TPSA) is 83.8 Å². The second-order valence-electron chi connectivity index (χ2n) is 4.02. The van der Waals surface area contributed by atoms with Crippen molar-refractivity contribution in [2.24, 2.45) is 0 Å². The number of para-hydroxylation sites is 1. The minimum atomic E-state index is -0.454. The molecular formula is C13H10N4O2. The molecule has 2 aromatic heterocycles. The van der Waals surface area contributed by atoms with Gasteiger partial charge in [-0.25, -0.2) is 0 Å².